The van der Waals surface area contributed by atoms with Gasteiger partial charge in [-0.25, -0.2) is 14.3 Å². The van der Waals surface area contributed by atoms with Crippen LogP contribution in [0.3, 0.4) is 0 Å². The molecule has 0 aliphatic heterocycles. The lowest BCUT2D eigenvalue weighted by Gasteiger charge is -2.13. The van der Waals surface area contributed by atoms with Crippen LogP contribution in [-0.4, -0.2) is 22.6 Å². The monoisotopic (exact) mass is 322 g/mol. The summed E-state index contributed by atoms with van der Waals surface area (Å²) in [7, 11) is 1.85. The molecule has 24 heavy (non-hydrogen) atoms. The Balaban J connectivity index is 2.01. The number of amides is 1. The quantitative estimate of drug-likeness (QED) is 0.747. The topological polar surface area (TPSA) is 59.0 Å². The zero-order chi connectivity index (χ0) is 17.1. The molecule has 0 fully saturated rings. The molecule has 0 saturated heterocycles. The average molecular weight is 322 g/mol. The molecular formula is C19H22N4O. The third-order valence-corrected chi connectivity index (χ3v) is 3.99. The van der Waals surface area contributed by atoms with Crippen molar-refractivity contribution in [2.45, 2.75) is 26.7 Å². The van der Waals surface area contributed by atoms with Gasteiger partial charge in [-0.3, -0.25) is 0 Å². The molecule has 3 aromatic rings. The number of para-hydroxylation sites is 2. The van der Waals surface area contributed by atoms with Crippen LogP contribution in [0.5, 0.6) is 0 Å². The Bertz CT molecular complexity index is 882. The number of nitrogens with one attached hydrogen (secondary N) is 2. The second-order valence-electron chi connectivity index (χ2n) is 5.83. The number of carbonyl (C=O) groups is 1. The predicted molar refractivity (Wildman–Crippen MR) is 98.9 cm³/mol. The molecule has 0 unspecified atom stereocenters. The van der Waals surface area contributed by atoms with E-state index >= 15 is 0 Å². The first-order chi connectivity index (χ1) is 11.6. The fraction of sp³-hybridized carbons (Fsp3) is 0.263. The molecule has 2 aromatic carbocycles. The fourth-order valence-electron chi connectivity index (χ4n) is 2.84. The number of benzene rings is 2. The van der Waals surface area contributed by atoms with Gasteiger partial charge in [0.15, 0.2) is 0 Å². The summed E-state index contributed by atoms with van der Waals surface area (Å²) in [5, 5.41) is 6.13. The largest absolute Gasteiger partial charge is 0.386 e. The van der Waals surface area contributed by atoms with Gasteiger partial charge >= 0.3 is 6.03 Å². The van der Waals surface area contributed by atoms with E-state index in [0.717, 1.165) is 46.6 Å². The Kier molecular flexibility index (Phi) is 4.51. The van der Waals surface area contributed by atoms with Crippen LogP contribution in [0.2, 0.25) is 0 Å². The summed E-state index contributed by atoms with van der Waals surface area (Å²) in [5.41, 5.74) is 4.46. The molecule has 0 aliphatic rings. The molecule has 0 radical (unpaired) electrons. The van der Waals surface area contributed by atoms with Crippen LogP contribution in [0.1, 0.15) is 24.7 Å². The number of hydrogen-bond donors (Lipinski definition) is 2. The normalized spacial score (nSPS) is 10.8. The summed E-state index contributed by atoms with van der Waals surface area (Å²) >= 11 is 0. The average Bonchev–Trinajstić information content (AvgIpc) is 2.94. The summed E-state index contributed by atoms with van der Waals surface area (Å²) in [5.74, 6) is 0.786. The highest BCUT2D eigenvalue weighted by atomic mass is 16.2. The third-order valence-electron chi connectivity index (χ3n) is 3.99. The molecule has 0 saturated carbocycles. The van der Waals surface area contributed by atoms with Gasteiger partial charge < -0.3 is 10.6 Å². The van der Waals surface area contributed by atoms with E-state index in [1.54, 1.807) is 4.57 Å². The summed E-state index contributed by atoms with van der Waals surface area (Å²) in [6.07, 6.45) is 1.69. The minimum absolute atomic E-state index is 0.187. The molecule has 3 rings (SSSR count). The van der Waals surface area contributed by atoms with Gasteiger partial charge in [-0.2, -0.15) is 0 Å². The maximum absolute atomic E-state index is 12.9. The van der Waals surface area contributed by atoms with E-state index in [1.807, 2.05) is 56.4 Å². The van der Waals surface area contributed by atoms with Gasteiger partial charge in [0.05, 0.1) is 22.4 Å². The Morgan fingerprint density at radius 2 is 1.96 bits per heavy atom. The maximum atomic E-state index is 12.9. The lowest BCUT2D eigenvalue weighted by atomic mass is 10.2. The third kappa shape index (κ3) is 2.97. The standard InChI is InChI=1S/C19H22N4O/c1-4-7-18-21-15-8-5-6-9-17(15)23(18)19(24)22-14-11-10-13(2)12-16(14)20-3/h5-6,8-12,20H,4,7H2,1-3H3,(H,22,24). The molecule has 1 heterocycles. The first kappa shape index (κ1) is 16.1. The maximum Gasteiger partial charge on any atom is 0.332 e. The number of imidazole rings is 1. The van der Waals surface area contributed by atoms with Crippen LogP contribution < -0.4 is 10.6 Å². The molecule has 2 N–H and O–H groups in total. The van der Waals surface area contributed by atoms with Crippen molar-refractivity contribution in [3.63, 3.8) is 0 Å². The van der Waals surface area contributed by atoms with E-state index in [2.05, 4.69) is 22.5 Å². The molecule has 1 aromatic heterocycles. The Morgan fingerprint density at radius 1 is 1.17 bits per heavy atom. The number of nitrogens with zero attached hydrogens (tertiary/aromatic N) is 2. The minimum Gasteiger partial charge on any atom is -0.386 e. The smallest absolute Gasteiger partial charge is 0.332 e. The minimum atomic E-state index is -0.187. The van der Waals surface area contributed by atoms with Gasteiger partial charge in [-0.05, 0) is 43.2 Å². The lowest BCUT2D eigenvalue weighted by Crippen LogP contribution is -2.22. The Morgan fingerprint density at radius 3 is 2.71 bits per heavy atom. The second-order valence-corrected chi connectivity index (χ2v) is 5.83. The van der Waals surface area contributed by atoms with Crippen molar-refractivity contribution >= 4 is 28.4 Å². The van der Waals surface area contributed by atoms with Crippen LogP contribution in [-0.2, 0) is 6.42 Å². The summed E-state index contributed by atoms with van der Waals surface area (Å²) in [6.45, 7) is 4.11. The molecule has 0 atom stereocenters. The number of aryl methyl sites for hydroxylation is 2. The molecule has 124 valence electrons. The first-order valence-corrected chi connectivity index (χ1v) is 8.20. The number of aromatic nitrogens is 2. The molecular weight excluding hydrogens is 300 g/mol. The van der Waals surface area contributed by atoms with E-state index in [-0.39, 0.29) is 6.03 Å². The van der Waals surface area contributed by atoms with Crippen molar-refractivity contribution in [2.75, 3.05) is 17.7 Å². The molecule has 0 aliphatic carbocycles. The van der Waals surface area contributed by atoms with Gasteiger partial charge in [-0.1, -0.05) is 25.1 Å². The van der Waals surface area contributed by atoms with Crippen molar-refractivity contribution in [1.82, 2.24) is 9.55 Å². The Labute approximate surface area is 141 Å². The second kappa shape index (κ2) is 6.74. The van der Waals surface area contributed by atoms with Crippen LogP contribution in [0.15, 0.2) is 42.5 Å². The van der Waals surface area contributed by atoms with Gasteiger partial charge in [0.1, 0.15) is 5.82 Å². The predicted octanol–water partition coefficient (Wildman–Crippen LogP) is 4.42. The molecule has 0 spiro atoms. The molecule has 5 nitrogen and oxygen atoms in total. The molecule has 5 heteroatoms. The van der Waals surface area contributed by atoms with Crippen LogP contribution in [0.4, 0.5) is 16.2 Å². The molecule has 0 bridgehead atoms. The summed E-state index contributed by atoms with van der Waals surface area (Å²) < 4.78 is 1.68. The van der Waals surface area contributed by atoms with E-state index in [4.69, 9.17) is 0 Å². The zero-order valence-corrected chi connectivity index (χ0v) is 14.3. The van der Waals surface area contributed by atoms with E-state index in [0.29, 0.717) is 0 Å². The van der Waals surface area contributed by atoms with Crippen LogP contribution in [0.25, 0.3) is 11.0 Å². The van der Waals surface area contributed by atoms with Crippen LogP contribution >= 0.6 is 0 Å². The van der Waals surface area contributed by atoms with Crippen molar-refractivity contribution in [3.8, 4) is 0 Å². The van der Waals surface area contributed by atoms with Gasteiger partial charge in [0.2, 0.25) is 0 Å². The summed E-state index contributed by atoms with van der Waals surface area (Å²) in [6, 6.07) is 13.4. The van der Waals surface area contributed by atoms with Crippen molar-refractivity contribution in [1.29, 1.82) is 0 Å². The van der Waals surface area contributed by atoms with Crippen molar-refractivity contribution in [2.24, 2.45) is 0 Å². The first-order valence-electron chi connectivity index (χ1n) is 8.20. The van der Waals surface area contributed by atoms with Crippen molar-refractivity contribution in [3.05, 3.63) is 53.9 Å². The van der Waals surface area contributed by atoms with E-state index in [9.17, 15) is 4.79 Å². The van der Waals surface area contributed by atoms with Crippen LogP contribution in [0, 0.1) is 6.92 Å². The van der Waals surface area contributed by atoms with Gasteiger partial charge in [0.25, 0.3) is 0 Å². The molecule has 1 amide bonds. The number of fused-ring (bicyclic) bond motifs is 1. The van der Waals surface area contributed by atoms with E-state index < -0.39 is 0 Å². The number of rotatable bonds is 4. The Hall–Kier alpha value is -2.82. The summed E-state index contributed by atoms with van der Waals surface area (Å²) in [4.78, 5) is 17.5. The fourth-order valence-corrected chi connectivity index (χ4v) is 2.84. The lowest BCUT2D eigenvalue weighted by molar-refractivity contribution is 0.253. The highest BCUT2D eigenvalue weighted by molar-refractivity contribution is 5.99. The SMILES string of the molecule is CCCc1nc2ccccc2n1C(=O)Nc1ccc(C)cc1NC. The number of hydrogen-bond acceptors (Lipinski definition) is 3. The van der Waals surface area contributed by atoms with Gasteiger partial charge in [-0.15, -0.1) is 0 Å². The van der Waals surface area contributed by atoms with E-state index in [1.165, 1.54) is 0 Å². The zero-order valence-electron chi connectivity index (χ0n) is 14.3. The highest BCUT2D eigenvalue weighted by Gasteiger charge is 2.17. The number of anilines is 2. The highest BCUT2D eigenvalue weighted by Crippen LogP contribution is 2.24. The van der Waals surface area contributed by atoms with Crippen molar-refractivity contribution < 1.29 is 4.79 Å². The van der Waals surface area contributed by atoms with Gasteiger partial charge in [0, 0.05) is 13.5 Å². The number of carbonyl (C=O) groups excluding carboxylic acids is 1.